The second-order valence-corrected chi connectivity index (χ2v) is 9.51. The molecule has 0 bridgehead atoms. The molecule has 0 amide bonds. The molecule has 3 aromatic carbocycles. The van der Waals surface area contributed by atoms with Gasteiger partial charge < -0.3 is 0 Å². The second-order valence-electron chi connectivity index (χ2n) is 7.49. The fourth-order valence-electron chi connectivity index (χ4n) is 3.60. The summed E-state index contributed by atoms with van der Waals surface area (Å²) in [5.41, 5.74) is -1.00. The van der Waals surface area contributed by atoms with Crippen molar-refractivity contribution in [3.63, 3.8) is 0 Å². The molecule has 1 heterocycles. The molecule has 0 fully saturated rings. The third-order valence-corrected chi connectivity index (χ3v) is 6.22. The number of hydrogen-bond acceptors (Lipinski definition) is 3. The van der Waals surface area contributed by atoms with Gasteiger partial charge in [0.1, 0.15) is 11.5 Å². The zero-order chi connectivity index (χ0) is 23.8. The first-order valence-corrected chi connectivity index (χ1v) is 11.7. The standard InChI is InChI=1S/C24H18F4N2O2S/c1-33(31,32)18-13-11-17(12-14-18)22-21(19-9-5-6-10-20(19)25)23(24(26,27)28)30(29-22)15-16-7-3-2-4-8-16/h2-14H,15H2,1H3. The first-order chi connectivity index (χ1) is 15.6. The Morgan fingerprint density at radius 3 is 2.06 bits per heavy atom. The van der Waals surface area contributed by atoms with Gasteiger partial charge in [-0.15, -0.1) is 0 Å². The molecule has 0 atom stereocenters. The predicted octanol–water partition coefficient (Wildman–Crippen LogP) is 5.83. The van der Waals surface area contributed by atoms with Crippen LogP contribution in [0.15, 0.2) is 83.8 Å². The van der Waals surface area contributed by atoms with Crippen LogP contribution in [-0.2, 0) is 22.6 Å². The molecule has 0 saturated heterocycles. The second kappa shape index (κ2) is 8.47. The van der Waals surface area contributed by atoms with Gasteiger partial charge in [-0.3, -0.25) is 4.68 Å². The highest BCUT2D eigenvalue weighted by atomic mass is 32.2. The molecule has 4 aromatic rings. The van der Waals surface area contributed by atoms with Gasteiger partial charge in [0, 0.05) is 22.9 Å². The van der Waals surface area contributed by atoms with Gasteiger partial charge in [0.2, 0.25) is 0 Å². The van der Waals surface area contributed by atoms with E-state index in [0.717, 1.165) is 17.0 Å². The summed E-state index contributed by atoms with van der Waals surface area (Å²) in [4.78, 5) is 0.0125. The summed E-state index contributed by atoms with van der Waals surface area (Å²) in [6.07, 6.45) is -3.80. The minimum absolute atomic E-state index is 0.0125. The molecule has 33 heavy (non-hydrogen) atoms. The number of aromatic nitrogens is 2. The van der Waals surface area contributed by atoms with Crippen LogP contribution in [-0.4, -0.2) is 24.5 Å². The zero-order valence-corrected chi connectivity index (χ0v) is 18.2. The Kier molecular flexibility index (Phi) is 5.84. The summed E-state index contributed by atoms with van der Waals surface area (Å²) in [5.74, 6) is -0.823. The molecule has 0 saturated carbocycles. The maximum atomic E-state index is 14.7. The highest BCUT2D eigenvalue weighted by molar-refractivity contribution is 7.90. The monoisotopic (exact) mass is 474 g/mol. The Hall–Kier alpha value is -3.46. The van der Waals surface area contributed by atoms with Crippen LogP contribution in [0, 0.1) is 5.82 Å². The maximum absolute atomic E-state index is 14.7. The Labute approximate surface area is 188 Å². The van der Waals surface area contributed by atoms with Crippen molar-refractivity contribution in [1.82, 2.24) is 9.78 Å². The van der Waals surface area contributed by atoms with Crippen LogP contribution in [0.1, 0.15) is 11.3 Å². The van der Waals surface area contributed by atoms with E-state index >= 15 is 0 Å². The van der Waals surface area contributed by atoms with Gasteiger partial charge in [-0.1, -0.05) is 60.7 Å². The van der Waals surface area contributed by atoms with E-state index in [0.29, 0.717) is 5.56 Å². The largest absolute Gasteiger partial charge is 0.433 e. The fourth-order valence-corrected chi connectivity index (χ4v) is 4.23. The molecule has 4 rings (SSSR count). The third-order valence-electron chi connectivity index (χ3n) is 5.10. The lowest BCUT2D eigenvalue weighted by Crippen LogP contribution is -2.16. The van der Waals surface area contributed by atoms with E-state index in [1.807, 2.05) is 0 Å². The number of nitrogens with zero attached hydrogens (tertiary/aromatic N) is 2. The van der Waals surface area contributed by atoms with Crippen molar-refractivity contribution in [3.8, 4) is 22.4 Å². The molecule has 0 aliphatic rings. The van der Waals surface area contributed by atoms with Crippen molar-refractivity contribution in [3.05, 3.63) is 95.9 Å². The minimum atomic E-state index is -4.83. The summed E-state index contributed by atoms with van der Waals surface area (Å²) >= 11 is 0. The van der Waals surface area contributed by atoms with Gasteiger partial charge >= 0.3 is 6.18 Å². The van der Waals surface area contributed by atoms with Crippen LogP contribution in [0.4, 0.5) is 17.6 Å². The summed E-state index contributed by atoms with van der Waals surface area (Å²) in [6.45, 7) is -0.182. The molecular formula is C24H18F4N2O2S. The first-order valence-electron chi connectivity index (χ1n) is 9.83. The van der Waals surface area contributed by atoms with Crippen LogP contribution in [0.5, 0.6) is 0 Å². The number of halogens is 4. The lowest BCUT2D eigenvalue weighted by atomic mass is 9.98. The lowest BCUT2D eigenvalue weighted by molar-refractivity contribution is -0.143. The van der Waals surface area contributed by atoms with Crippen molar-refractivity contribution in [2.24, 2.45) is 0 Å². The predicted molar refractivity (Wildman–Crippen MR) is 117 cm³/mol. The van der Waals surface area contributed by atoms with Crippen molar-refractivity contribution >= 4 is 9.84 Å². The van der Waals surface area contributed by atoms with Crippen LogP contribution in [0.2, 0.25) is 0 Å². The Morgan fingerprint density at radius 2 is 1.48 bits per heavy atom. The Bertz CT molecular complexity index is 1390. The van der Waals surface area contributed by atoms with Gasteiger partial charge in [-0.25, -0.2) is 12.8 Å². The topological polar surface area (TPSA) is 52.0 Å². The number of rotatable bonds is 5. The van der Waals surface area contributed by atoms with Crippen LogP contribution in [0.3, 0.4) is 0 Å². The molecule has 0 N–H and O–H groups in total. The number of benzene rings is 3. The average molecular weight is 474 g/mol. The van der Waals surface area contributed by atoms with E-state index in [1.54, 1.807) is 30.3 Å². The average Bonchev–Trinajstić information content (AvgIpc) is 3.13. The molecule has 0 aliphatic carbocycles. The summed E-state index contributed by atoms with van der Waals surface area (Å²) in [6, 6.07) is 19.0. The van der Waals surface area contributed by atoms with Gasteiger partial charge in [0.25, 0.3) is 0 Å². The first kappa shape index (κ1) is 22.7. The maximum Gasteiger partial charge on any atom is 0.433 e. The van der Waals surface area contributed by atoms with Gasteiger partial charge in [-0.2, -0.15) is 18.3 Å². The molecule has 0 spiro atoms. The van der Waals surface area contributed by atoms with E-state index in [9.17, 15) is 26.0 Å². The molecule has 170 valence electrons. The molecule has 0 unspecified atom stereocenters. The van der Waals surface area contributed by atoms with Crippen molar-refractivity contribution in [1.29, 1.82) is 0 Å². The van der Waals surface area contributed by atoms with Crippen LogP contribution < -0.4 is 0 Å². The van der Waals surface area contributed by atoms with E-state index in [1.165, 1.54) is 42.5 Å². The highest BCUT2D eigenvalue weighted by Gasteiger charge is 2.41. The van der Waals surface area contributed by atoms with E-state index in [2.05, 4.69) is 5.10 Å². The zero-order valence-electron chi connectivity index (χ0n) is 17.3. The molecule has 0 aliphatic heterocycles. The Morgan fingerprint density at radius 1 is 0.879 bits per heavy atom. The summed E-state index contributed by atoms with van der Waals surface area (Å²) in [5, 5.41) is 4.23. The molecule has 4 nitrogen and oxygen atoms in total. The van der Waals surface area contributed by atoms with Crippen LogP contribution in [0.25, 0.3) is 22.4 Å². The normalized spacial score (nSPS) is 12.2. The lowest BCUT2D eigenvalue weighted by Gasteiger charge is -2.13. The number of alkyl halides is 3. The number of sulfone groups is 1. The van der Waals surface area contributed by atoms with Crippen LogP contribution >= 0.6 is 0 Å². The summed E-state index contributed by atoms with van der Waals surface area (Å²) in [7, 11) is -3.50. The number of hydrogen-bond donors (Lipinski definition) is 0. The van der Waals surface area contributed by atoms with Crippen molar-refractivity contribution in [2.75, 3.05) is 6.26 Å². The van der Waals surface area contributed by atoms with Crippen molar-refractivity contribution in [2.45, 2.75) is 17.6 Å². The van der Waals surface area contributed by atoms with E-state index in [4.69, 9.17) is 0 Å². The minimum Gasteiger partial charge on any atom is -0.255 e. The highest BCUT2D eigenvalue weighted by Crippen LogP contribution is 2.43. The SMILES string of the molecule is CS(=O)(=O)c1ccc(-c2nn(Cc3ccccc3)c(C(F)(F)F)c2-c2ccccc2F)cc1. The van der Waals surface area contributed by atoms with Gasteiger partial charge in [-0.05, 0) is 23.8 Å². The smallest absolute Gasteiger partial charge is 0.255 e. The van der Waals surface area contributed by atoms with E-state index in [-0.39, 0.29) is 28.3 Å². The van der Waals surface area contributed by atoms with Gasteiger partial charge in [0.15, 0.2) is 15.5 Å². The van der Waals surface area contributed by atoms with Crippen molar-refractivity contribution < 1.29 is 26.0 Å². The molecule has 0 radical (unpaired) electrons. The molecular weight excluding hydrogens is 456 g/mol. The Balaban J connectivity index is 2.00. The molecule has 1 aromatic heterocycles. The fraction of sp³-hybridized carbons (Fsp3) is 0.125. The van der Waals surface area contributed by atoms with E-state index < -0.39 is 33.1 Å². The third kappa shape index (κ3) is 4.68. The quantitative estimate of drug-likeness (QED) is 0.342. The molecule has 9 heteroatoms. The van der Waals surface area contributed by atoms with Gasteiger partial charge in [0.05, 0.1) is 11.4 Å². The summed E-state index contributed by atoms with van der Waals surface area (Å²) < 4.78 is 82.1.